The average Bonchev–Trinajstić information content (AvgIpc) is 3.02. The van der Waals surface area contributed by atoms with Gasteiger partial charge in [-0.2, -0.15) is 5.21 Å². The van der Waals surface area contributed by atoms with Crippen molar-refractivity contribution in [2.75, 3.05) is 13.2 Å². The van der Waals surface area contributed by atoms with E-state index in [4.69, 9.17) is 4.84 Å². The Hall–Kier alpha value is -2.28. The summed E-state index contributed by atoms with van der Waals surface area (Å²) in [6, 6.07) is 7.07. The van der Waals surface area contributed by atoms with Crippen LogP contribution in [0.4, 0.5) is 0 Å². The predicted octanol–water partition coefficient (Wildman–Crippen LogP) is 1.03. The molecule has 0 spiro atoms. The topological polar surface area (TPSA) is 84.0 Å². The Morgan fingerprint density at radius 2 is 2.11 bits per heavy atom. The average molecular weight is 259 g/mol. The van der Waals surface area contributed by atoms with Crippen molar-refractivity contribution in [1.82, 2.24) is 25.7 Å². The highest BCUT2D eigenvalue weighted by molar-refractivity contribution is 5.94. The second kappa shape index (κ2) is 5.15. The van der Waals surface area contributed by atoms with Crippen molar-refractivity contribution in [2.45, 2.75) is 12.8 Å². The molecular formula is C12H13N5O2. The molecule has 1 saturated heterocycles. The Bertz CT molecular complexity index is 546. The van der Waals surface area contributed by atoms with Crippen molar-refractivity contribution in [1.29, 1.82) is 0 Å². The molecule has 1 aromatic heterocycles. The molecule has 3 rings (SSSR count). The number of amides is 1. The lowest BCUT2D eigenvalue weighted by Crippen LogP contribution is -2.35. The van der Waals surface area contributed by atoms with Gasteiger partial charge in [0.05, 0.1) is 6.61 Å². The van der Waals surface area contributed by atoms with Crippen LogP contribution in [0, 0.1) is 0 Å². The van der Waals surface area contributed by atoms with E-state index in [1.54, 1.807) is 24.3 Å². The zero-order chi connectivity index (χ0) is 13.1. The van der Waals surface area contributed by atoms with Crippen LogP contribution < -0.4 is 0 Å². The molecule has 2 heterocycles. The molecule has 0 aliphatic carbocycles. The van der Waals surface area contributed by atoms with E-state index in [0.717, 1.165) is 18.4 Å². The van der Waals surface area contributed by atoms with Gasteiger partial charge in [-0.1, -0.05) is 12.1 Å². The number of carbonyl (C=O) groups is 1. The first-order valence-corrected chi connectivity index (χ1v) is 6.13. The van der Waals surface area contributed by atoms with Crippen LogP contribution in [0.2, 0.25) is 0 Å². The van der Waals surface area contributed by atoms with E-state index in [0.29, 0.717) is 24.5 Å². The van der Waals surface area contributed by atoms with E-state index >= 15 is 0 Å². The maximum atomic E-state index is 12.1. The second-order valence-corrected chi connectivity index (χ2v) is 4.26. The number of aromatic nitrogens is 4. The smallest absolute Gasteiger partial charge is 0.271 e. The number of H-pyrrole nitrogens is 1. The number of nitrogens with zero attached hydrogens (tertiary/aromatic N) is 4. The molecule has 1 aromatic carbocycles. The molecule has 0 unspecified atom stereocenters. The summed E-state index contributed by atoms with van der Waals surface area (Å²) in [7, 11) is 0. The largest absolute Gasteiger partial charge is 0.277 e. The third-order valence-corrected chi connectivity index (χ3v) is 2.96. The lowest BCUT2D eigenvalue weighted by molar-refractivity contribution is -0.144. The predicted molar refractivity (Wildman–Crippen MR) is 65.8 cm³/mol. The number of hydrogen-bond donors (Lipinski definition) is 1. The fourth-order valence-corrected chi connectivity index (χ4v) is 1.95. The van der Waals surface area contributed by atoms with Gasteiger partial charge in [0.15, 0.2) is 0 Å². The minimum absolute atomic E-state index is 0.112. The highest BCUT2D eigenvalue weighted by Crippen LogP contribution is 2.16. The molecule has 2 aromatic rings. The van der Waals surface area contributed by atoms with E-state index < -0.39 is 0 Å². The minimum Gasteiger partial charge on any atom is -0.271 e. The second-order valence-electron chi connectivity index (χ2n) is 4.26. The summed E-state index contributed by atoms with van der Waals surface area (Å²) in [5.74, 6) is 0.396. The Morgan fingerprint density at radius 1 is 1.26 bits per heavy atom. The van der Waals surface area contributed by atoms with Gasteiger partial charge >= 0.3 is 0 Å². The molecule has 1 N–H and O–H groups in total. The van der Waals surface area contributed by atoms with Crippen molar-refractivity contribution >= 4 is 5.91 Å². The van der Waals surface area contributed by atoms with Crippen LogP contribution in [0.1, 0.15) is 23.2 Å². The van der Waals surface area contributed by atoms with Crippen molar-refractivity contribution in [3.8, 4) is 11.4 Å². The monoisotopic (exact) mass is 259 g/mol. The van der Waals surface area contributed by atoms with Crippen LogP contribution >= 0.6 is 0 Å². The molecule has 0 saturated carbocycles. The maximum Gasteiger partial charge on any atom is 0.277 e. The van der Waals surface area contributed by atoms with Gasteiger partial charge in [-0.05, 0) is 30.2 Å². The Kier molecular flexibility index (Phi) is 3.20. The van der Waals surface area contributed by atoms with Crippen LogP contribution in [-0.4, -0.2) is 44.7 Å². The van der Waals surface area contributed by atoms with Gasteiger partial charge < -0.3 is 0 Å². The number of rotatable bonds is 2. The first kappa shape index (κ1) is 11.8. The SMILES string of the molecule is O=C(c1ccc(-c2nn[nH]n2)cc1)N1CCCCO1. The third-order valence-electron chi connectivity index (χ3n) is 2.96. The van der Waals surface area contributed by atoms with E-state index in [9.17, 15) is 4.79 Å². The molecule has 19 heavy (non-hydrogen) atoms. The van der Waals surface area contributed by atoms with Gasteiger partial charge in [-0.3, -0.25) is 9.63 Å². The first-order valence-electron chi connectivity index (χ1n) is 6.13. The standard InChI is InChI=1S/C12H13N5O2/c18-12(17-7-1-2-8-19-17)10-5-3-9(4-6-10)11-13-15-16-14-11/h3-6H,1-2,7-8H2,(H,13,14,15,16). The van der Waals surface area contributed by atoms with E-state index in [2.05, 4.69) is 20.6 Å². The summed E-state index contributed by atoms with van der Waals surface area (Å²) in [6.45, 7) is 1.25. The van der Waals surface area contributed by atoms with Gasteiger partial charge in [0.2, 0.25) is 5.82 Å². The highest BCUT2D eigenvalue weighted by Gasteiger charge is 2.19. The highest BCUT2D eigenvalue weighted by atomic mass is 16.7. The molecule has 0 radical (unpaired) electrons. The van der Waals surface area contributed by atoms with Crippen LogP contribution in [0.25, 0.3) is 11.4 Å². The fraction of sp³-hybridized carbons (Fsp3) is 0.333. The molecule has 1 aliphatic rings. The molecular weight excluding hydrogens is 246 g/mol. The van der Waals surface area contributed by atoms with Crippen molar-refractivity contribution in [2.24, 2.45) is 0 Å². The van der Waals surface area contributed by atoms with Gasteiger partial charge in [-0.15, -0.1) is 10.2 Å². The molecule has 1 aliphatic heterocycles. The van der Waals surface area contributed by atoms with Crippen LogP contribution in [0.5, 0.6) is 0 Å². The third kappa shape index (κ3) is 2.45. The lowest BCUT2D eigenvalue weighted by Gasteiger charge is -2.25. The number of hydrogen-bond acceptors (Lipinski definition) is 5. The van der Waals surface area contributed by atoms with Crippen molar-refractivity contribution in [3.05, 3.63) is 29.8 Å². The minimum atomic E-state index is -0.112. The lowest BCUT2D eigenvalue weighted by atomic mass is 10.1. The van der Waals surface area contributed by atoms with Gasteiger partial charge in [0, 0.05) is 17.7 Å². The molecule has 0 bridgehead atoms. The van der Waals surface area contributed by atoms with Crippen LogP contribution in [0.15, 0.2) is 24.3 Å². The number of aromatic amines is 1. The quantitative estimate of drug-likeness (QED) is 0.870. The number of benzene rings is 1. The van der Waals surface area contributed by atoms with Crippen molar-refractivity contribution < 1.29 is 9.63 Å². The van der Waals surface area contributed by atoms with E-state index in [-0.39, 0.29) is 5.91 Å². The fourth-order valence-electron chi connectivity index (χ4n) is 1.95. The summed E-state index contributed by atoms with van der Waals surface area (Å²) in [6.07, 6.45) is 1.98. The van der Waals surface area contributed by atoms with Gasteiger partial charge in [0.25, 0.3) is 5.91 Å². The normalized spacial score (nSPS) is 15.5. The Morgan fingerprint density at radius 3 is 2.74 bits per heavy atom. The van der Waals surface area contributed by atoms with Crippen molar-refractivity contribution in [3.63, 3.8) is 0 Å². The van der Waals surface area contributed by atoms with Gasteiger partial charge in [-0.25, -0.2) is 5.06 Å². The number of carbonyl (C=O) groups excluding carboxylic acids is 1. The van der Waals surface area contributed by atoms with E-state index in [1.165, 1.54) is 5.06 Å². The summed E-state index contributed by atoms with van der Waals surface area (Å²) < 4.78 is 0. The molecule has 0 atom stereocenters. The number of tetrazole rings is 1. The number of hydroxylamine groups is 2. The summed E-state index contributed by atoms with van der Waals surface area (Å²) in [5.41, 5.74) is 1.40. The molecule has 1 fully saturated rings. The molecule has 7 nitrogen and oxygen atoms in total. The zero-order valence-electron chi connectivity index (χ0n) is 10.2. The summed E-state index contributed by atoms with van der Waals surface area (Å²) in [4.78, 5) is 17.5. The Labute approximate surface area is 109 Å². The molecule has 98 valence electrons. The molecule has 7 heteroatoms. The van der Waals surface area contributed by atoms with Crippen LogP contribution in [0.3, 0.4) is 0 Å². The Balaban J connectivity index is 1.76. The maximum absolute atomic E-state index is 12.1. The zero-order valence-corrected chi connectivity index (χ0v) is 10.2. The number of nitrogens with one attached hydrogen (secondary N) is 1. The first-order chi connectivity index (χ1) is 9.34. The van der Waals surface area contributed by atoms with E-state index in [1.807, 2.05) is 0 Å². The van der Waals surface area contributed by atoms with Crippen LogP contribution in [-0.2, 0) is 4.84 Å². The molecule has 1 amide bonds. The summed E-state index contributed by atoms with van der Waals surface area (Å²) in [5, 5.41) is 15.1. The summed E-state index contributed by atoms with van der Waals surface area (Å²) >= 11 is 0. The van der Waals surface area contributed by atoms with Gasteiger partial charge in [0.1, 0.15) is 0 Å².